The van der Waals surface area contributed by atoms with Crippen LogP contribution in [-0.2, 0) is 14.3 Å². The quantitative estimate of drug-likeness (QED) is 0.399. The van der Waals surface area contributed by atoms with Crippen molar-refractivity contribution < 1.29 is 14.3 Å². The predicted molar refractivity (Wildman–Crippen MR) is 66.9 cm³/mol. The molecule has 1 saturated carbocycles. The van der Waals surface area contributed by atoms with Gasteiger partial charge in [0.15, 0.2) is 0 Å². The Labute approximate surface area is 103 Å². The molecule has 0 bridgehead atoms. The van der Waals surface area contributed by atoms with Gasteiger partial charge in [-0.05, 0) is 19.8 Å². The highest BCUT2D eigenvalue weighted by Crippen LogP contribution is 2.20. The number of hydrogen-bond donors (Lipinski definition) is 1. The summed E-state index contributed by atoms with van der Waals surface area (Å²) in [5, 5.41) is 3.12. The summed E-state index contributed by atoms with van der Waals surface area (Å²) in [4.78, 5) is 11.2. The molecule has 0 aliphatic heterocycles. The van der Waals surface area contributed by atoms with Crippen molar-refractivity contribution in [1.29, 1.82) is 0 Å². The van der Waals surface area contributed by atoms with E-state index in [0.717, 1.165) is 6.54 Å². The normalized spacial score (nSPS) is 16.1. The van der Waals surface area contributed by atoms with Gasteiger partial charge in [-0.1, -0.05) is 19.4 Å². The summed E-state index contributed by atoms with van der Waals surface area (Å²) in [6.45, 7) is 7.75. The van der Waals surface area contributed by atoms with E-state index in [-0.39, 0.29) is 5.97 Å². The van der Waals surface area contributed by atoms with Crippen LogP contribution >= 0.6 is 0 Å². The second-order valence-electron chi connectivity index (χ2n) is 4.28. The monoisotopic (exact) mass is 241 g/mol. The smallest absolute Gasteiger partial charge is 0.334 e. The second kappa shape index (κ2) is 8.25. The minimum atomic E-state index is -0.322. The molecule has 0 radical (unpaired) electrons. The zero-order valence-corrected chi connectivity index (χ0v) is 10.7. The van der Waals surface area contributed by atoms with Gasteiger partial charge in [0.2, 0.25) is 0 Å². The lowest BCUT2D eigenvalue weighted by molar-refractivity contribution is -0.138. The number of carbonyl (C=O) groups is 1. The van der Waals surface area contributed by atoms with Gasteiger partial charge < -0.3 is 14.8 Å². The highest BCUT2D eigenvalue weighted by atomic mass is 16.5. The molecule has 0 aromatic carbocycles. The Kier molecular flexibility index (Phi) is 6.89. The maximum absolute atomic E-state index is 11.2. The lowest BCUT2D eigenvalue weighted by Gasteiger charge is -2.11. The topological polar surface area (TPSA) is 47.6 Å². The van der Waals surface area contributed by atoms with Crippen LogP contribution in [0.2, 0.25) is 0 Å². The van der Waals surface area contributed by atoms with Gasteiger partial charge in [-0.15, -0.1) is 0 Å². The van der Waals surface area contributed by atoms with Crippen LogP contribution in [0.1, 0.15) is 32.6 Å². The Hall–Kier alpha value is -0.870. The first-order chi connectivity index (χ1) is 8.24. The Morgan fingerprint density at radius 3 is 2.76 bits per heavy atom. The van der Waals surface area contributed by atoms with Crippen molar-refractivity contribution in [3.63, 3.8) is 0 Å². The molecular weight excluding hydrogens is 218 g/mol. The van der Waals surface area contributed by atoms with Gasteiger partial charge in [-0.2, -0.15) is 0 Å². The molecule has 1 fully saturated rings. The lowest BCUT2D eigenvalue weighted by Crippen LogP contribution is -2.26. The summed E-state index contributed by atoms with van der Waals surface area (Å²) in [6, 6.07) is 0. The molecule has 1 N–H and O–H groups in total. The third-order valence-corrected chi connectivity index (χ3v) is 2.84. The van der Waals surface area contributed by atoms with Gasteiger partial charge in [-0.25, -0.2) is 4.79 Å². The summed E-state index contributed by atoms with van der Waals surface area (Å²) in [5.41, 5.74) is 0.465. The van der Waals surface area contributed by atoms with Crippen molar-refractivity contribution >= 4 is 5.97 Å². The highest BCUT2D eigenvalue weighted by Gasteiger charge is 2.14. The number of hydrogen-bond acceptors (Lipinski definition) is 4. The number of carbonyl (C=O) groups excluding carboxylic acids is 1. The molecule has 0 saturated heterocycles. The van der Waals surface area contributed by atoms with Crippen LogP contribution in [0.3, 0.4) is 0 Å². The fraction of sp³-hybridized carbons (Fsp3) is 0.769. The molecule has 4 heteroatoms. The SMILES string of the molecule is C=C(CNCCOC1CCCC1)C(=O)OCC. The first-order valence-corrected chi connectivity index (χ1v) is 6.41. The van der Waals surface area contributed by atoms with Crippen LogP contribution in [0.4, 0.5) is 0 Å². The maximum Gasteiger partial charge on any atom is 0.334 e. The van der Waals surface area contributed by atoms with Gasteiger partial charge in [0, 0.05) is 18.7 Å². The van der Waals surface area contributed by atoms with E-state index in [1.54, 1.807) is 6.92 Å². The third kappa shape index (κ3) is 5.84. The van der Waals surface area contributed by atoms with E-state index < -0.39 is 0 Å². The van der Waals surface area contributed by atoms with Crippen LogP contribution in [0.5, 0.6) is 0 Å². The molecule has 1 rings (SSSR count). The number of rotatable bonds is 8. The van der Waals surface area contributed by atoms with Crippen LogP contribution in [-0.4, -0.2) is 38.4 Å². The van der Waals surface area contributed by atoms with Crippen molar-refractivity contribution in [2.24, 2.45) is 0 Å². The number of ether oxygens (including phenoxy) is 2. The van der Waals surface area contributed by atoms with Crippen molar-refractivity contribution in [3.8, 4) is 0 Å². The first kappa shape index (κ1) is 14.2. The fourth-order valence-corrected chi connectivity index (χ4v) is 1.90. The molecule has 17 heavy (non-hydrogen) atoms. The number of esters is 1. The van der Waals surface area contributed by atoms with Gasteiger partial charge in [0.25, 0.3) is 0 Å². The molecule has 0 spiro atoms. The van der Waals surface area contributed by atoms with Crippen LogP contribution < -0.4 is 5.32 Å². The Morgan fingerprint density at radius 2 is 2.12 bits per heavy atom. The Bertz CT molecular complexity index is 247. The van der Waals surface area contributed by atoms with E-state index in [0.29, 0.717) is 31.4 Å². The summed E-state index contributed by atoms with van der Waals surface area (Å²) >= 11 is 0. The average Bonchev–Trinajstić information content (AvgIpc) is 2.81. The zero-order valence-electron chi connectivity index (χ0n) is 10.7. The molecule has 98 valence electrons. The molecule has 0 unspecified atom stereocenters. The van der Waals surface area contributed by atoms with Gasteiger partial charge in [0.05, 0.1) is 19.3 Å². The first-order valence-electron chi connectivity index (χ1n) is 6.41. The lowest BCUT2D eigenvalue weighted by atomic mass is 10.3. The summed E-state index contributed by atoms with van der Waals surface area (Å²) in [5.74, 6) is -0.322. The van der Waals surface area contributed by atoms with E-state index in [1.165, 1.54) is 25.7 Å². The molecule has 0 aromatic rings. The average molecular weight is 241 g/mol. The Balaban J connectivity index is 1.96. The molecule has 0 aromatic heterocycles. The standard InChI is InChI=1S/C13H23NO3/c1-3-16-13(15)11(2)10-14-8-9-17-12-6-4-5-7-12/h12,14H,2-10H2,1H3. The van der Waals surface area contributed by atoms with E-state index in [9.17, 15) is 4.79 Å². The molecule has 1 aliphatic rings. The largest absolute Gasteiger partial charge is 0.463 e. The minimum absolute atomic E-state index is 0.322. The molecule has 1 aliphatic carbocycles. The van der Waals surface area contributed by atoms with E-state index in [2.05, 4.69) is 11.9 Å². The number of nitrogens with one attached hydrogen (secondary N) is 1. The van der Waals surface area contributed by atoms with Crippen LogP contribution in [0, 0.1) is 0 Å². The molecule has 4 nitrogen and oxygen atoms in total. The molecule has 0 heterocycles. The zero-order chi connectivity index (χ0) is 12.5. The van der Waals surface area contributed by atoms with Gasteiger partial charge in [0.1, 0.15) is 0 Å². The fourth-order valence-electron chi connectivity index (χ4n) is 1.90. The predicted octanol–water partition coefficient (Wildman–Crippen LogP) is 1.65. The van der Waals surface area contributed by atoms with E-state index in [4.69, 9.17) is 9.47 Å². The molecule has 0 amide bonds. The van der Waals surface area contributed by atoms with Crippen molar-refractivity contribution in [2.75, 3.05) is 26.3 Å². The van der Waals surface area contributed by atoms with Crippen molar-refractivity contribution in [1.82, 2.24) is 5.32 Å². The van der Waals surface area contributed by atoms with Gasteiger partial charge in [-0.3, -0.25) is 0 Å². The third-order valence-electron chi connectivity index (χ3n) is 2.84. The maximum atomic E-state index is 11.2. The molecule has 0 atom stereocenters. The summed E-state index contributed by atoms with van der Waals surface area (Å²) in [6.07, 6.45) is 5.41. The molecular formula is C13H23NO3. The van der Waals surface area contributed by atoms with Crippen molar-refractivity contribution in [3.05, 3.63) is 12.2 Å². The second-order valence-corrected chi connectivity index (χ2v) is 4.28. The van der Waals surface area contributed by atoms with E-state index >= 15 is 0 Å². The highest BCUT2D eigenvalue weighted by molar-refractivity contribution is 5.88. The minimum Gasteiger partial charge on any atom is -0.463 e. The van der Waals surface area contributed by atoms with Crippen LogP contribution in [0.15, 0.2) is 12.2 Å². The van der Waals surface area contributed by atoms with E-state index in [1.807, 2.05) is 0 Å². The van der Waals surface area contributed by atoms with Crippen LogP contribution in [0.25, 0.3) is 0 Å². The van der Waals surface area contributed by atoms with Crippen molar-refractivity contribution in [2.45, 2.75) is 38.7 Å². The Morgan fingerprint density at radius 1 is 1.41 bits per heavy atom. The van der Waals surface area contributed by atoms with Gasteiger partial charge >= 0.3 is 5.97 Å². The summed E-state index contributed by atoms with van der Waals surface area (Å²) in [7, 11) is 0. The summed E-state index contributed by atoms with van der Waals surface area (Å²) < 4.78 is 10.5.